The van der Waals surface area contributed by atoms with E-state index in [0.29, 0.717) is 0 Å². The third-order valence-electron chi connectivity index (χ3n) is 4.87. The van der Waals surface area contributed by atoms with Crippen LogP contribution in [0.15, 0.2) is 17.8 Å². The van der Waals surface area contributed by atoms with Gasteiger partial charge in [0.05, 0.1) is 5.39 Å². The molecule has 0 bridgehead atoms. The number of fused-ring (bicyclic) bond motifs is 1. The van der Waals surface area contributed by atoms with Gasteiger partial charge in [-0.15, -0.1) is 11.3 Å². The summed E-state index contributed by atoms with van der Waals surface area (Å²) < 4.78 is 0. The lowest BCUT2D eigenvalue weighted by Crippen LogP contribution is -2.53. The highest BCUT2D eigenvalue weighted by molar-refractivity contribution is 7.16. The van der Waals surface area contributed by atoms with Crippen molar-refractivity contribution in [2.24, 2.45) is 0 Å². The van der Waals surface area contributed by atoms with Gasteiger partial charge < -0.3 is 14.7 Å². The Morgan fingerprint density at radius 3 is 2.87 bits per heavy atom. The number of likely N-dealkylation sites (N-methyl/N-ethyl adjacent to an activating group) is 1. The van der Waals surface area contributed by atoms with Crippen LogP contribution in [0.1, 0.15) is 12.8 Å². The van der Waals surface area contributed by atoms with Crippen LogP contribution in [-0.2, 0) is 4.79 Å². The highest BCUT2D eigenvalue weighted by Crippen LogP contribution is 2.32. The third-order valence-corrected chi connectivity index (χ3v) is 5.69. The molecule has 23 heavy (non-hydrogen) atoms. The van der Waals surface area contributed by atoms with Crippen molar-refractivity contribution >= 4 is 33.3 Å². The van der Waals surface area contributed by atoms with E-state index in [1.807, 2.05) is 10.3 Å². The van der Waals surface area contributed by atoms with E-state index in [-0.39, 0.29) is 11.9 Å². The number of nitrogens with zero attached hydrogens (tertiary/aromatic N) is 5. The second-order valence-corrected chi connectivity index (χ2v) is 7.21. The average Bonchev–Trinajstić information content (AvgIpc) is 3.23. The summed E-state index contributed by atoms with van der Waals surface area (Å²) in [6, 6.07) is 1.99. The zero-order chi connectivity index (χ0) is 15.8. The van der Waals surface area contributed by atoms with Crippen LogP contribution in [-0.4, -0.2) is 71.5 Å². The first-order valence-corrected chi connectivity index (χ1v) is 9.04. The molecule has 6 nitrogen and oxygen atoms in total. The van der Waals surface area contributed by atoms with Crippen LogP contribution >= 0.6 is 11.3 Å². The summed E-state index contributed by atoms with van der Waals surface area (Å²) in [5.41, 5.74) is 0. The Balaban J connectivity index is 1.59. The summed E-state index contributed by atoms with van der Waals surface area (Å²) in [6.45, 7) is 4.47. The lowest BCUT2D eigenvalue weighted by atomic mass is 10.1. The third kappa shape index (κ3) is 2.68. The normalized spacial score (nSPS) is 22.9. The van der Waals surface area contributed by atoms with Gasteiger partial charge in [-0.3, -0.25) is 4.79 Å². The van der Waals surface area contributed by atoms with Crippen molar-refractivity contribution in [2.45, 2.75) is 18.9 Å². The predicted molar refractivity (Wildman–Crippen MR) is 91.9 cm³/mol. The van der Waals surface area contributed by atoms with Gasteiger partial charge in [0.2, 0.25) is 5.91 Å². The Hall–Kier alpha value is -1.73. The fourth-order valence-electron chi connectivity index (χ4n) is 3.52. The van der Waals surface area contributed by atoms with Gasteiger partial charge in [0.15, 0.2) is 0 Å². The number of carbonyl (C=O) groups is 1. The summed E-state index contributed by atoms with van der Waals surface area (Å²) >= 11 is 1.62. The topological polar surface area (TPSA) is 52.6 Å². The molecule has 4 rings (SSSR count). The molecular weight excluding hydrogens is 310 g/mol. The van der Waals surface area contributed by atoms with E-state index < -0.39 is 0 Å². The SMILES string of the molecule is CN1CCN(C(=O)[C@H]2CCCN2c2ncnc3sccc23)CC1. The molecule has 0 N–H and O–H groups in total. The van der Waals surface area contributed by atoms with Crippen molar-refractivity contribution in [3.8, 4) is 0 Å². The summed E-state index contributed by atoms with van der Waals surface area (Å²) in [5.74, 6) is 1.18. The number of anilines is 1. The monoisotopic (exact) mass is 331 g/mol. The van der Waals surface area contributed by atoms with Crippen LogP contribution < -0.4 is 4.90 Å². The molecule has 2 aliphatic heterocycles. The van der Waals surface area contributed by atoms with Crippen molar-refractivity contribution in [3.63, 3.8) is 0 Å². The minimum atomic E-state index is -0.0728. The molecule has 0 unspecified atom stereocenters. The summed E-state index contributed by atoms with van der Waals surface area (Å²) in [7, 11) is 2.11. The van der Waals surface area contributed by atoms with E-state index in [1.165, 1.54) is 0 Å². The molecule has 2 aliphatic rings. The molecule has 4 heterocycles. The number of amides is 1. The lowest BCUT2D eigenvalue weighted by molar-refractivity contribution is -0.134. The Morgan fingerprint density at radius 1 is 1.22 bits per heavy atom. The first kappa shape index (κ1) is 14.8. The molecule has 0 spiro atoms. The molecule has 0 radical (unpaired) electrons. The van der Waals surface area contributed by atoms with Crippen molar-refractivity contribution < 1.29 is 4.79 Å². The molecule has 0 saturated carbocycles. The summed E-state index contributed by atoms with van der Waals surface area (Å²) in [6.07, 6.45) is 3.57. The molecule has 1 atom stereocenters. The molecule has 1 amide bonds. The fraction of sp³-hybridized carbons (Fsp3) is 0.562. The van der Waals surface area contributed by atoms with Gasteiger partial charge >= 0.3 is 0 Å². The quantitative estimate of drug-likeness (QED) is 0.833. The van der Waals surface area contributed by atoms with Gasteiger partial charge in [-0.25, -0.2) is 9.97 Å². The van der Waals surface area contributed by atoms with E-state index in [0.717, 1.165) is 61.6 Å². The fourth-order valence-corrected chi connectivity index (χ4v) is 4.25. The van der Waals surface area contributed by atoms with Crippen molar-refractivity contribution in [2.75, 3.05) is 44.7 Å². The van der Waals surface area contributed by atoms with Gasteiger partial charge in [0.25, 0.3) is 0 Å². The van der Waals surface area contributed by atoms with Crippen LogP contribution in [0, 0.1) is 0 Å². The largest absolute Gasteiger partial charge is 0.344 e. The number of carbonyl (C=O) groups excluding carboxylic acids is 1. The van der Waals surface area contributed by atoms with Crippen molar-refractivity contribution in [1.29, 1.82) is 0 Å². The number of thiophene rings is 1. The molecule has 0 aromatic carbocycles. The van der Waals surface area contributed by atoms with Gasteiger partial charge in [-0.05, 0) is 31.3 Å². The second-order valence-electron chi connectivity index (χ2n) is 6.32. The minimum absolute atomic E-state index is 0.0728. The molecule has 2 aromatic rings. The maximum atomic E-state index is 13.0. The molecule has 2 aromatic heterocycles. The molecule has 0 aliphatic carbocycles. The van der Waals surface area contributed by atoms with E-state index in [4.69, 9.17) is 0 Å². The van der Waals surface area contributed by atoms with Gasteiger partial charge in [0, 0.05) is 32.7 Å². The molecule has 2 fully saturated rings. The van der Waals surface area contributed by atoms with Crippen LogP contribution in [0.2, 0.25) is 0 Å². The smallest absolute Gasteiger partial charge is 0.245 e. The average molecular weight is 331 g/mol. The van der Waals surface area contributed by atoms with E-state index in [9.17, 15) is 4.79 Å². The number of rotatable bonds is 2. The Labute approximate surface area is 139 Å². The Bertz CT molecular complexity index is 709. The van der Waals surface area contributed by atoms with E-state index in [2.05, 4.69) is 32.9 Å². The minimum Gasteiger partial charge on any atom is -0.344 e. The standard InChI is InChI=1S/C16H21N5OS/c1-19-6-8-20(9-7-19)16(22)13-3-2-5-21(13)14-12-4-10-23-15(12)18-11-17-14/h4,10-11,13H,2-3,5-9H2,1H3/t13-/m1/s1. The van der Waals surface area contributed by atoms with Gasteiger partial charge in [-0.1, -0.05) is 0 Å². The summed E-state index contributed by atoms with van der Waals surface area (Å²) in [5, 5.41) is 3.10. The first-order valence-electron chi connectivity index (χ1n) is 8.16. The number of piperazine rings is 1. The Kier molecular flexibility index (Phi) is 3.90. The van der Waals surface area contributed by atoms with Crippen molar-refractivity contribution in [1.82, 2.24) is 19.8 Å². The number of aromatic nitrogens is 2. The van der Waals surface area contributed by atoms with Gasteiger partial charge in [0.1, 0.15) is 23.0 Å². The Morgan fingerprint density at radius 2 is 2.04 bits per heavy atom. The number of hydrogen-bond donors (Lipinski definition) is 0. The highest BCUT2D eigenvalue weighted by Gasteiger charge is 2.36. The van der Waals surface area contributed by atoms with Crippen LogP contribution in [0.5, 0.6) is 0 Å². The zero-order valence-electron chi connectivity index (χ0n) is 13.3. The van der Waals surface area contributed by atoms with E-state index in [1.54, 1.807) is 17.7 Å². The molecule has 7 heteroatoms. The van der Waals surface area contributed by atoms with Crippen molar-refractivity contribution in [3.05, 3.63) is 17.8 Å². The van der Waals surface area contributed by atoms with Crippen LogP contribution in [0.25, 0.3) is 10.2 Å². The second kappa shape index (κ2) is 6.05. The van der Waals surface area contributed by atoms with E-state index >= 15 is 0 Å². The lowest BCUT2D eigenvalue weighted by Gasteiger charge is -2.36. The number of hydrogen-bond acceptors (Lipinski definition) is 6. The molecular formula is C16H21N5OS. The predicted octanol–water partition coefficient (Wildman–Crippen LogP) is 1.43. The molecule has 122 valence electrons. The zero-order valence-corrected chi connectivity index (χ0v) is 14.1. The molecule has 2 saturated heterocycles. The summed E-state index contributed by atoms with van der Waals surface area (Å²) in [4.78, 5) is 29.3. The van der Waals surface area contributed by atoms with Crippen LogP contribution in [0.4, 0.5) is 5.82 Å². The first-order chi connectivity index (χ1) is 11.2. The highest BCUT2D eigenvalue weighted by atomic mass is 32.1. The van der Waals surface area contributed by atoms with Crippen LogP contribution in [0.3, 0.4) is 0 Å². The van der Waals surface area contributed by atoms with Gasteiger partial charge in [-0.2, -0.15) is 0 Å². The maximum absolute atomic E-state index is 13.0. The maximum Gasteiger partial charge on any atom is 0.245 e.